The maximum atomic E-state index is 11.8. The van der Waals surface area contributed by atoms with Crippen molar-refractivity contribution in [3.8, 4) is 0 Å². The van der Waals surface area contributed by atoms with E-state index in [1.165, 1.54) is 11.3 Å². The topological polar surface area (TPSA) is 74.3 Å². The van der Waals surface area contributed by atoms with Gasteiger partial charge in [0.25, 0.3) is 0 Å². The molecule has 2 heterocycles. The largest absolute Gasteiger partial charge is 0.358 e. The number of hydrogen-bond donors (Lipinski definition) is 2. The molecular weight excluding hydrogens is 252 g/mol. The van der Waals surface area contributed by atoms with Gasteiger partial charge in [-0.3, -0.25) is 14.5 Å². The Morgan fingerprint density at radius 1 is 1.61 bits per heavy atom. The molecule has 2 rings (SSSR count). The van der Waals surface area contributed by atoms with Gasteiger partial charge in [-0.15, -0.1) is 11.3 Å². The molecule has 7 heteroatoms. The van der Waals surface area contributed by atoms with Crippen LogP contribution in [0, 0.1) is 0 Å². The predicted octanol–water partition coefficient (Wildman–Crippen LogP) is 0.292. The van der Waals surface area contributed by atoms with E-state index in [0.717, 1.165) is 19.4 Å². The van der Waals surface area contributed by atoms with Crippen LogP contribution >= 0.6 is 11.3 Å². The number of thiazole rings is 1. The van der Waals surface area contributed by atoms with E-state index >= 15 is 0 Å². The summed E-state index contributed by atoms with van der Waals surface area (Å²) in [5.74, 6) is -0.143. The minimum Gasteiger partial charge on any atom is -0.358 e. The predicted molar refractivity (Wildman–Crippen MR) is 69.4 cm³/mol. The number of carbonyl (C=O) groups is 2. The van der Waals surface area contributed by atoms with Crippen molar-refractivity contribution in [2.75, 3.05) is 25.5 Å². The van der Waals surface area contributed by atoms with Gasteiger partial charge in [-0.25, -0.2) is 4.98 Å². The van der Waals surface area contributed by atoms with E-state index in [1.54, 1.807) is 18.6 Å². The highest BCUT2D eigenvalue weighted by molar-refractivity contribution is 7.13. The van der Waals surface area contributed by atoms with E-state index in [4.69, 9.17) is 0 Å². The number of likely N-dealkylation sites (tertiary alicyclic amines) is 1. The monoisotopic (exact) mass is 268 g/mol. The lowest BCUT2D eigenvalue weighted by molar-refractivity contribution is -0.126. The summed E-state index contributed by atoms with van der Waals surface area (Å²) < 4.78 is 0. The standard InChI is InChI=1S/C11H16N4O2S/c1-12-10(17)8-3-2-5-15(8)7-9(16)14-11-13-4-6-18-11/h4,6,8H,2-3,5,7H2,1H3,(H,12,17)(H,13,14,16). The number of rotatable bonds is 4. The zero-order chi connectivity index (χ0) is 13.0. The number of aromatic nitrogens is 1. The summed E-state index contributed by atoms with van der Waals surface area (Å²) in [4.78, 5) is 29.3. The van der Waals surface area contributed by atoms with Crippen molar-refractivity contribution >= 4 is 28.3 Å². The summed E-state index contributed by atoms with van der Waals surface area (Å²) in [7, 11) is 1.62. The van der Waals surface area contributed by atoms with E-state index in [9.17, 15) is 9.59 Å². The van der Waals surface area contributed by atoms with Crippen LogP contribution in [0.25, 0.3) is 0 Å². The fourth-order valence-electron chi connectivity index (χ4n) is 2.11. The molecule has 2 N–H and O–H groups in total. The van der Waals surface area contributed by atoms with Crippen LogP contribution in [0.15, 0.2) is 11.6 Å². The van der Waals surface area contributed by atoms with Crippen LogP contribution in [0.5, 0.6) is 0 Å². The van der Waals surface area contributed by atoms with E-state index in [1.807, 2.05) is 4.90 Å². The Balaban J connectivity index is 1.88. The Morgan fingerprint density at radius 3 is 3.11 bits per heavy atom. The van der Waals surface area contributed by atoms with Crippen LogP contribution in [-0.2, 0) is 9.59 Å². The van der Waals surface area contributed by atoms with Crippen LogP contribution in [0.1, 0.15) is 12.8 Å². The zero-order valence-corrected chi connectivity index (χ0v) is 11.0. The minimum atomic E-state index is -0.183. The highest BCUT2D eigenvalue weighted by atomic mass is 32.1. The van der Waals surface area contributed by atoms with Crippen LogP contribution in [0.3, 0.4) is 0 Å². The van der Waals surface area contributed by atoms with Crippen molar-refractivity contribution in [1.82, 2.24) is 15.2 Å². The van der Waals surface area contributed by atoms with Crippen LogP contribution < -0.4 is 10.6 Å². The number of nitrogens with zero attached hydrogens (tertiary/aromatic N) is 2. The quantitative estimate of drug-likeness (QED) is 0.823. The lowest BCUT2D eigenvalue weighted by atomic mass is 10.2. The second kappa shape index (κ2) is 5.92. The van der Waals surface area contributed by atoms with Crippen molar-refractivity contribution in [2.45, 2.75) is 18.9 Å². The molecule has 1 aliphatic heterocycles. The number of carbonyl (C=O) groups excluding carboxylic acids is 2. The normalized spacial score (nSPS) is 19.7. The highest BCUT2D eigenvalue weighted by Crippen LogP contribution is 2.17. The second-order valence-electron chi connectivity index (χ2n) is 4.13. The van der Waals surface area contributed by atoms with Crippen molar-refractivity contribution in [1.29, 1.82) is 0 Å². The SMILES string of the molecule is CNC(=O)C1CCCN1CC(=O)Nc1nccs1. The van der Waals surface area contributed by atoms with Gasteiger partial charge in [0, 0.05) is 18.6 Å². The molecule has 18 heavy (non-hydrogen) atoms. The van der Waals surface area contributed by atoms with Gasteiger partial charge >= 0.3 is 0 Å². The molecule has 1 aromatic heterocycles. The van der Waals surface area contributed by atoms with E-state index in [2.05, 4.69) is 15.6 Å². The zero-order valence-electron chi connectivity index (χ0n) is 10.2. The van der Waals surface area contributed by atoms with Crippen LogP contribution in [0.4, 0.5) is 5.13 Å². The summed E-state index contributed by atoms with van der Waals surface area (Å²) >= 11 is 1.38. The Kier molecular flexibility index (Phi) is 4.27. The van der Waals surface area contributed by atoms with E-state index in [0.29, 0.717) is 5.13 Å². The lowest BCUT2D eigenvalue weighted by Crippen LogP contribution is -2.45. The summed E-state index contributed by atoms with van der Waals surface area (Å²) in [6, 6.07) is -0.183. The van der Waals surface area contributed by atoms with E-state index in [-0.39, 0.29) is 24.4 Å². The van der Waals surface area contributed by atoms with Crippen LogP contribution in [-0.4, -0.2) is 47.9 Å². The molecule has 1 fully saturated rings. The molecule has 0 aromatic carbocycles. The maximum absolute atomic E-state index is 11.8. The minimum absolute atomic E-state index is 0.0189. The third kappa shape index (κ3) is 3.05. The number of likely N-dealkylation sites (N-methyl/N-ethyl adjacent to an activating group) is 1. The van der Waals surface area contributed by atoms with Gasteiger partial charge in [0.2, 0.25) is 11.8 Å². The van der Waals surface area contributed by atoms with Crippen molar-refractivity contribution in [3.63, 3.8) is 0 Å². The first-order valence-corrected chi connectivity index (χ1v) is 6.73. The molecule has 1 aromatic rings. The molecule has 0 radical (unpaired) electrons. The van der Waals surface area contributed by atoms with Gasteiger partial charge < -0.3 is 10.6 Å². The summed E-state index contributed by atoms with van der Waals surface area (Å²) in [5, 5.41) is 7.75. The summed E-state index contributed by atoms with van der Waals surface area (Å²) in [6.45, 7) is 1.01. The Hall–Kier alpha value is -1.47. The molecule has 1 atom stereocenters. The number of hydrogen-bond acceptors (Lipinski definition) is 5. The van der Waals surface area contributed by atoms with Gasteiger partial charge in [0.05, 0.1) is 12.6 Å². The third-order valence-corrected chi connectivity index (χ3v) is 3.63. The third-order valence-electron chi connectivity index (χ3n) is 2.94. The fraction of sp³-hybridized carbons (Fsp3) is 0.545. The summed E-state index contributed by atoms with van der Waals surface area (Å²) in [6.07, 6.45) is 3.40. The van der Waals surface area contributed by atoms with Gasteiger partial charge in [-0.2, -0.15) is 0 Å². The van der Waals surface area contributed by atoms with Gasteiger partial charge in [0.15, 0.2) is 5.13 Å². The molecule has 98 valence electrons. The first kappa shape index (κ1) is 13.0. The molecule has 1 saturated heterocycles. The van der Waals surface area contributed by atoms with E-state index < -0.39 is 0 Å². The van der Waals surface area contributed by atoms with Crippen molar-refractivity contribution in [3.05, 3.63) is 11.6 Å². The van der Waals surface area contributed by atoms with Crippen molar-refractivity contribution < 1.29 is 9.59 Å². The average Bonchev–Trinajstić information content (AvgIpc) is 2.99. The van der Waals surface area contributed by atoms with Gasteiger partial charge in [0.1, 0.15) is 0 Å². The Morgan fingerprint density at radius 2 is 2.44 bits per heavy atom. The number of nitrogens with one attached hydrogen (secondary N) is 2. The lowest BCUT2D eigenvalue weighted by Gasteiger charge is -2.21. The molecule has 0 aliphatic carbocycles. The molecule has 6 nitrogen and oxygen atoms in total. The smallest absolute Gasteiger partial charge is 0.240 e. The molecule has 1 aliphatic rings. The second-order valence-corrected chi connectivity index (χ2v) is 5.02. The Bertz CT molecular complexity index is 421. The number of amides is 2. The first-order chi connectivity index (χ1) is 8.70. The molecule has 1 unspecified atom stereocenters. The highest BCUT2D eigenvalue weighted by Gasteiger charge is 2.31. The first-order valence-electron chi connectivity index (χ1n) is 5.85. The van der Waals surface area contributed by atoms with Crippen LogP contribution in [0.2, 0.25) is 0 Å². The fourth-order valence-corrected chi connectivity index (χ4v) is 2.65. The molecule has 0 saturated carbocycles. The number of anilines is 1. The molecular formula is C11H16N4O2S. The van der Waals surface area contributed by atoms with Gasteiger partial charge in [-0.1, -0.05) is 0 Å². The molecule has 0 bridgehead atoms. The average molecular weight is 268 g/mol. The Labute approximate surface area is 109 Å². The molecule has 2 amide bonds. The van der Waals surface area contributed by atoms with Crippen molar-refractivity contribution in [2.24, 2.45) is 0 Å². The maximum Gasteiger partial charge on any atom is 0.240 e. The van der Waals surface area contributed by atoms with Gasteiger partial charge in [-0.05, 0) is 19.4 Å². The summed E-state index contributed by atoms with van der Waals surface area (Å²) in [5.41, 5.74) is 0. The molecule has 0 spiro atoms.